The number of halogens is 1. The normalized spacial score (nSPS) is 9.73. The first kappa shape index (κ1) is 11.8. The van der Waals surface area contributed by atoms with Crippen LogP contribution >= 0.6 is 11.6 Å². The van der Waals surface area contributed by atoms with Gasteiger partial charge >= 0.3 is 0 Å². The molecule has 1 aromatic rings. The van der Waals surface area contributed by atoms with E-state index >= 15 is 0 Å². The fraction of sp³-hybridized carbons (Fsp3) is 0.364. The zero-order valence-corrected chi connectivity index (χ0v) is 9.46. The molecule has 0 heterocycles. The molecule has 0 fully saturated rings. The van der Waals surface area contributed by atoms with Crippen LogP contribution in [0.4, 0.5) is 5.69 Å². The minimum absolute atomic E-state index is 0.491. The molecule has 0 atom stereocenters. The molecule has 3 nitrogen and oxygen atoms in total. The van der Waals surface area contributed by atoms with Crippen molar-refractivity contribution < 1.29 is 0 Å². The minimum atomic E-state index is 0.491. The molecule has 0 spiro atoms. The summed E-state index contributed by atoms with van der Waals surface area (Å²) in [5, 5.41) is 9.23. The predicted molar refractivity (Wildman–Crippen MR) is 63.1 cm³/mol. The summed E-state index contributed by atoms with van der Waals surface area (Å²) in [4.78, 5) is 2.12. The third kappa shape index (κ3) is 2.85. The van der Waals surface area contributed by atoms with Crippen LogP contribution in [-0.4, -0.2) is 19.6 Å². The van der Waals surface area contributed by atoms with Gasteiger partial charge in [-0.2, -0.15) is 5.26 Å². The molecule has 0 saturated carbocycles. The highest BCUT2D eigenvalue weighted by atomic mass is 35.5. The summed E-state index contributed by atoms with van der Waals surface area (Å²) in [6.07, 6.45) is 0. The van der Waals surface area contributed by atoms with Gasteiger partial charge in [-0.1, -0.05) is 11.6 Å². The molecule has 0 aliphatic heterocycles. The Morgan fingerprint density at radius 2 is 2.27 bits per heavy atom. The molecule has 0 aliphatic rings. The Morgan fingerprint density at radius 3 is 2.73 bits per heavy atom. The van der Waals surface area contributed by atoms with Crippen molar-refractivity contribution in [2.45, 2.75) is 6.92 Å². The van der Waals surface area contributed by atoms with E-state index in [1.54, 1.807) is 12.1 Å². The minimum Gasteiger partial charge on any atom is -0.371 e. The zero-order chi connectivity index (χ0) is 11.3. The van der Waals surface area contributed by atoms with Crippen LogP contribution in [0.1, 0.15) is 12.5 Å². The maximum absolute atomic E-state index is 8.74. The summed E-state index contributed by atoms with van der Waals surface area (Å²) in [7, 11) is 0. The van der Waals surface area contributed by atoms with E-state index in [9.17, 15) is 0 Å². The second-order valence-corrected chi connectivity index (χ2v) is 3.55. The maximum Gasteiger partial charge on any atom is 0.101 e. The Bertz CT molecular complexity index is 371. The first-order chi connectivity index (χ1) is 7.22. The van der Waals surface area contributed by atoms with E-state index < -0.39 is 0 Å². The van der Waals surface area contributed by atoms with Crippen molar-refractivity contribution in [1.29, 1.82) is 5.26 Å². The molecule has 0 radical (unpaired) electrons. The SMILES string of the molecule is CCN(CCN)c1ccc(C#N)c(Cl)c1. The van der Waals surface area contributed by atoms with Gasteiger partial charge in [0.2, 0.25) is 0 Å². The Balaban J connectivity index is 2.95. The Kier molecular flexibility index (Phi) is 4.41. The number of hydrogen-bond donors (Lipinski definition) is 1. The lowest BCUT2D eigenvalue weighted by Crippen LogP contribution is -2.28. The van der Waals surface area contributed by atoms with Crippen LogP contribution in [0, 0.1) is 11.3 Å². The summed E-state index contributed by atoms with van der Waals surface area (Å²) in [6, 6.07) is 7.47. The maximum atomic E-state index is 8.74. The fourth-order valence-corrected chi connectivity index (χ4v) is 1.63. The van der Waals surface area contributed by atoms with Crippen LogP contribution in [0.3, 0.4) is 0 Å². The molecule has 0 aliphatic carbocycles. The highest BCUT2D eigenvalue weighted by molar-refractivity contribution is 6.32. The largest absolute Gasteiger partial charge is 0.371 e. The van der Waals surface area contributed by atoms with Gasteiger partial charge in [0, 0.05) is 25.3 Å². The van der Waals surface area contributed by atoms with Crippen molar-refractivity contribution in [3.05, 3.63) is 28.8 Å². The summed E-state index contributed by atoms with van der Waals surface area (Å²) < 4.78 is 0. The number of hydrogen-bond acceptors (Lipinski definition) is 3. The van der Waals surface area contributed by atoms with Crippen LogP contribution in [-0.2, 0) is 0 Å². The first-order valence-electron chi connectivity index (χ1n) is 4.87. The smallest absolute Gasteiger partial charge is 0.101 e. The van der Waals surface area contributed by atoms with Gasteiger partial charge < -0.3 is 10.6 Å². The lowest BCUT2D eigenvalue weighted by molar-refractivity contribution is 0.817. The monoisotopic (exact) mass is 223 g/mol. The van der Waals surface area contributed by atoms with Crippen molar-refractivity contribution in [2.24, 2.45) is 5.73 Å². The summed E-state index contributed by atoms with van der Waals surface area (Å²) in [6.45, 7) is 4.32. The third-order valence-electron chi connectivity index (χ3n) is 2.22. The van der Waals surface area contributed by atoms with Crippen LogP contribution in [0.5, 0.6) is 0 Å². The summed E-state index contributed by atoms with van der Waals surface area (Å²) in [5.74, 6) is 0. The van der Waals surface area contributed by atoms with E-state index in [2.05, 4.69) is 11.8 Å². The van der Waals surface area contributed by atoms with E-state index in [-0.39, 0.29) is 0 Å². The van der Waals surface area contributed by atoms with Crippen molar-refractivity contribution in [3.8, 4) is 6.07 Å². The molecule has 0 saturated heterocycles. The third-order valence-corrected chi connectivity index (χ3v) is 2.53. The number of nitriles is 1. The molecule has 0 unspecified atom stereocenters. The molecule has 0 aromatic heterocycles. The fourth-order valence-electron chi connectivity index (χ4n) is 1.42. The van der Waals surface area contributed by atoms with Gasteiger partial charge in [-0.05, 0) is 25.1 Å². The Hall–Kier alpha value is -1.24. The van der Waals surface area contributed by atoms with E-state index in [1.165, 1.54) is 0 Å². The molecular formula is C11H14ClN3. The van der Waals surface area contributed by atoms with Crippen LogP contribution in [0.2, 0.25) is 5.02 Å². The van der Waals surface area contributed by atoms with E-state index in [0.717, 1.165) is 18.8 Å². The summed E-state index contributed by atoms with van der Waals surface area (Å²) >= 11 is 5.95. The van der Waals surface area contributed by atoms with Crippen molar-refractivity contribution in [2.75, 3.05) is 24.5 Å². The molecule has 4 heteroatoms. The number of benzene rings is 1. The highest BCUT2D eigenvalue weighted by Crippen LogP contribution is 2.22. The number of rotatable bonds is 4. The second kappa shape index (κ2) is 5.59. The van der Waals surface area contributed by atoms with Gasteiger partial charge in [0.05, 0.1) is 10.6 Å². The molecule has 15 heavy (non-hydrogen) atoms. The van der Waals surface area contributed by atoms with Crippen molar-refractivity contribution in [3.63, 3.8) is 0 Å². The van der Waals surface area contributed by atoms with E-state index in [0.29, 0.717) is 17.1 Å². The molecule has 1 aromatic carbocycles. The van der Waals surface area contributed by atoms with Gasteiger partial charge in [0.1, 0.15) is 6.07 Å². The van der Waals surface area contributed by atoms with Crippen LogP contribution in [0.25, 0.3) is 0 Å². The van der Waals surface area contributed by atoms with E-state index in [1.807, 2.05) is 12.1 Å². The Morgan fingerprint density at radius 1 is 1.53 bits per heavy atom. The topological polar surface area (TPSA) is 53.0 Å². The van der Waals surface area contributed by atoms with Crippen LogP contribution < -0.4 is 10.6 Å². The number of anilines is 1. The van der Waals surface area contributed by atoms with Gasteiger partial charge in [-0.25, -0.2) is 0 Å². The standard InChI is InChI=1S/C11H14ClN3/c1-2-15(6-5-13)10-4-3-9(8-14)11(12)7-10/h3-4,7H,2,5-6,13H2,1H3. The summed E-state index contributed by atoms with van der Waals surface area (Å²) in [5.41, 5.74) is 7.02. The van der Waals surface area contributed by atoms with Crippen molar-refractivity contribution in [1.82, 2.24) is 0 Å². The average molecular weight is 224 g/mol. The van der Waals surface area contributed by atoms with Gasteiger partial charge in [-0.3, -0.25) is 0 Å². The molecule has 1 rings (SSSR count). The Labute approximate surface area is 95.1 Å². The van der Waals surface area contributed by atoms with E-state index in [4.69, 9.17) is 22.6 Å². The second-order valence-electron chi connectivity index (χ2n) is 3.14. The van der Waals surface area contributed by atoms with Gasteiger partial charge in [0.25, 0.3) is 0 Å². The van der Waals surface area contributed by atoms with Gasteiger partial charge in [0.15, 0.2) is 0 Å². The number of likely N-dealkylation sites (N-methyl/N-ethyl adjacent to an activating group) is 1. The number of nitrogens with two attached hydrogens (primary N) is 1. The lowest BCUT2D eigenvalue weighted by atomic mass is 10.2. The lowest BCUT2D eigenvalue weighted by Gasteiger charge is -2.22. The van der Waals surface area contributed by atoms with Crippen molar-refractivity contribution >= 4 is 17.3 Å². The molecule has 2 N–H and O–H groups in total. The van der Waals surface area contributed by atoms with Crippen LogP contribution in [0.15, 0.2) is 18.2 Å². The highest BCUT2D eigenvalue weighted by Gasteiger charge is 2.06. The molecular weight excluding hydrogens is 210 g/mol. The molecule has 80 valence electrons. The number of nitrogens with zero attached hydrogens (tertiary/aromatic N) is 2. The zero-order valence-electron chi connectivity index (χ0n) is 8.70. The first-order valence-corrected chi connectivity index (χ1v) is 5.25. The average Bonchev–Trinajstić information content (AvgIpc) is 2.25. The predicted octanol–water partition coefficient (Wildman–Crippen LogP) is 2.00. The molecule has 0 bridgehead atoms. The molecule has 0 amide bonds. The van der Waals surface area contributed by atoms with Gasteiger partial charge in [-0.15, -0.1) is 0 Å². The quantitative estimate of drug-likeness (QED) is 0.850.